The second kappa shape index (κ2) is 8.38. The molecule has 3 rings (SSSR count). The molecule has 1 unspecified atom stereocenters. The first-order valence-corrected chi connectivity index (χ1v) is 10.5. The summed E-state index contributed by atoms with van der Waals surface area (Å²) in [4.78, 5) is 17.2. The summed E-state index contributed by atoms with van der Waals surface area (Å²) < 4.78 is 2.03. The van der Waals surface area contributed by atoms with E-state index in [1.54, 1.807) is 0 Å². The summed E-state index contributed by atoms with van der Waals surface area (Å²) in [5, 5.41) is 5.00. The van der Waals surface area contributed by atoms with Crippen LogP contribution in [0.2, 0.25) is 0 Å². The molecule has 5 nitrogen and oxygen atoms in total. The zero-order valence-electron chi connectivity index (χ0n) is 18.1. The standard InChI is InChI=1S/C23H34N4O/c1-7-17(4)26(23(28)18-13-14-18)15-20-21(16(2)3)24-27(22(20)25(5)6)19-11-9-8-10-12-19/h8-12,16-18H,7,13-15H2,1-6H3. The average Bonchev–Trinajstić information content (AvgIpc) is 3.45. The van der Waals surface area contributed by atoms with Crippen molar-refractivity contribution in [3.8, 4) is 5.69 Å². The molecule has 28 heavy (non-hydrogen) atoms. The van der Waals surface area contributed by atoms with Crippen LogP contribution in [0.15, 0.2) is 30.3 Å². The van der Waals surface area contributed by atoms with E-state index in [0.29, 0.717) is 12.5 Å². The van der Waals surface area contributed by atoms with Gasteiger partial charge in [0.1, 0.15) is 5.82 Å². The third kappa shape index (κ3) is 4.08. The molecule has 1 aliphatic carbocycles. The summed E-state index contributed by atoms with van der Waals surface area (Å²) in [6.45, 7) is 9.29. The summed E-state index contributed by atoms with van der Waals surface area (Å²) in [5.41, 5.74) is 3.28. The predicted octanol–water partition coefficient (Wildman–Crippen LogP) is 4.60. The zero-order valence-corrected chi connectivity index (χ0v) is 18.1. The minimum Gasteiger partial charge on any atom is -0.362 e. The van der Waals surface area contributed by atoms with Crippen LogP contribution in [-0.4, -0.2) is 40.7 Å². The SMILES string of the molecule is CCC(C)N(Cc1c(C(C)C)nn(-c2ccccc2)c1N(C)C)C(=O)C1CC1. The molecular weight excluding hydrogens is 348 g/mol. The quantitative estimate of drug-likeness (QED) is 0.670. The molecule has 1 aromatic heterocycles. The largest absolute Gasteiger partial charge is 0.362 e. The third-order valence-electron chi connectivity index (χ3n) is 5.62. The first-order valence-electron chi connectivity index (χ1n) is 10.5. The molecule has 0 spiro atoms. The number of hydrogen-bond acceptors (Lipinski definition) is 3. The van der Waals surface area contributed by atoms with Gasteiger partial charge in [-0.2, -0.15) is 5.10 Å². The van der Waals surface area contributed by atoms with E-state index < -0.39 is 0 Å². The molecule has 1 aliphatic rings. The van der Waals surface area contributed by atoms with Crippen LogP contribution in [0.5, 0.6) is 0 Å². The molecular formula is C23H34N4O. The van der Waals surface area contributed by atoms with E-state index in [4.69, 9.17) is 5.10 Å². The molecule has 0 radical (unpaired) electrons. The fourth-order valence-corrected chi connectivity index (χ4v) is 3.69. The lowest BCUT2D eigenvalue weighted by Crippen LogP contribution is -2.39. The van der Waals surface area contributed by atoms with Gasteiger partial charge in [0.25, 0.3) is 0 Å². The molecule has 1 amide bonds. The summed E-state index contributed by atoms with van der Waals surface area (Å²) >= 11 is 0. The number of carbonyl (C=O) groups excluding carboxylic acids is 1. The van der Waals surface area contributed by atoms with Gasteiger partial charge in [0.2, 0.25) is 5.91 Å². The Labute approximate surface area is 169 Å². The average molecular weight is 383 g/mol. The number of amides is 1. The Balaban J connectivity index is 2.09. The van der Waals surface area contributed by atoms with Crippen LogP contribution in [0.4, 0.5) is 5.82 Å². The van der Waals surface area contributed by atoms with E-state index in [1.807, 2.05) is 22.9 Å². The number of anilines is 1. The van der Waals surface area contributed by atoms with Gasteiger partial charge in [-0.25, -0.2) is 4.68 Å². The first-order chi connectivity index (χ1) is 13.3. The van der Waals surface area contributed by atoms with E-state index >= 15 is 0 Å². The molecule has 152 valence electrons. The molecule has 0 saturated heterocycles. The van der Waals surface area contributed by atoms with Gasteiger partial charge >= 0.3 is 0 Å². The van der Waals surface area contributed by atoms with Crippen molar-refractivity contribution < 1.29 is 4.79 Å². The van der Waals surface area contributed by atoms with E-state index in [1.165, 1.54) is 0 Å². The van der Waals surface area contributed by atoms with Crippen molar-refractivity contribution in [1.82, 2.24) is 14.7 Å². The Bertz CT molecular complexity index is 806. The minimum atomic E-state index is 0.225. The van der Waals surface area contributed by atoms with Crippen molar-refractivity contribution in [2.24, 2.45) is 5.92 Å². The Morgan fingerprint density at radius 2 is 1.82 bits per heavy atom. The highest BCUT2D eigenvalue weighted by Crippen LogP contribution is 2.36. The fraction of sp³-hybridized carbons (Fsp3) is 0.565. The fourth-order valence-electron chi connectivity index (χ4n) is 3.69. The number of para-hydroxylation sites is 1. The Morgan fingerprint density at radius 1 is 1.18 bits per heavy atom. The maximum Gasteiger partial charge on any atom is 0.226 e. The van der Waals surface area contributed by atoms with E-state index in [0.717, 1.165) is 42.0 Å². The van der Waals surface area contributed by atoms with Crippen molar-refractivity contribution >= 4 is 11.7 Å². The second-order valence-electron chi connectivity index (χ2n) is 8.48. The molecule has 0 N–H and O–H groups in total. The van der Waals surface area contributed by atoms with Crippen molar-refractivity contribution in [3.05, 3.63) is 41.6 Å². The Kier molecular flexibility index (Phi) is 6.11. The minimum absolute atomic E-state index is 0.225. The van der Waals surface area contributed by atoms with Crippen LogP contribution >= 0.6 is 0 Å². The molecule has 2 aromatic rings. The predicted molar refractivity (Wildman–Crippen MR) is 115 cm³/mol. The lowest BCUT2D eigenvalue weighted by molar-refractivity contribution is -0.135. The lowest BCUT2D eigenvalue weighted by atomic mass is 10.0. The molecule has 5 heteroatoms. The first kappa shape index (κ1) is 20.4. The zero-order chi connectivity index (χ0) is 20.4. The molecule has 1 atom stereocenters. The topological polar surface area (TPSA) is 41.4 Å². The molecule has 1 fully saturated rings. The van der Waals surface area contributed by atoms with E-state index in [2.05, 4.69) is 63.7 Å². The highest BCUT2D eigenvalue weighted by Gasteiger charge is 2.36. The second-order valence-corrected chi connectivity index (χ2v) is 8.48. The molecule has 0 aliphatic heterocycles. The van der Waals surface area contributed by atoms with Crippen molar-refractivity contribution in [2.75, 3.05) is 19.0 Å². The number of carbonyl (C=O) groups is 1. The van der Waals surface area contributed by atoms with Gasteiger partial charge in [-0.05, 0) is 44.2 Å². The van der Waals surface area contributed by atoms with Crippen LogP contribution in [-0.2, 0) is 11.3 Å². The van der Waals surface area contributed by atoms with Gasteiger partial charge in [0.15, 0.2) is 0 Å². The van der Waals surface area contributed by atoms with Crippen molar-refractivity contribution in [3.63, 3.8) is 0 Å². The summed E-state index contributed by atoms with van der Waals surface area (Å²) in [6.07, 6.45) is 3.03. The third-order valence-corrected chi connectivity index (χ3v) is 5.62. The Hall–Kier alpha value is -2.30. The van der Waals surface area contributed by atoms with Crippen LogP contribution in [0.1, 0.15) is 64.1 Å². The highest BCUT2D eigenvalue weighted by molar-refractivity contribution is 5.81. The number of hydrogen-bond donors (Lipinski definition) is 0. The summed E-state index contributed by atoms with van der Waals surface area (Å²) in [7, 11) is 4.11. The normalized spacial score (nSPS) is 15.0. The lowest BCUT2D eigenvalue weighted by Gasteiger charge is -2.30. The maximum atomic E-state index is 13.0. The molecule has 1 heterocycles. The number of rotatable bonds is 8. The van der Waals surface area contributed by atoms with Crippen molar-refractivity contribution in [1.29, 1.82) is 0 Å². The van der Waals surface area contributed by atoms with E-state index in [-0.39, 0.29) is 17.9 Å². The summed E-state index contributed by atoms with van der Waals surface area (Å²) in [5.74, 6) is 1.88. The summed E-state index contributed by atoms with van der Waals surface area (Å²) in [6, 6.07) is 10.5. The van der Waals surface area contributed by atoms with Crippen molar-refractivity contribution in [2.45, 2.75) is 65.5 Å². The number of nitrogens with zero attached hydrogens (tertiary/aromatic N) is 4. The van der Waals surface area contributed by atoms with Crippen LogP contribution < -0.4 is 4.90 Å². The maximum absolute atomic E-state index is 13.0. The van der Waals surface area contributed by atoms with Crippen LogP contribution in [0.25, 0.3) is 5.69 Å². The molecule has 1 saturated carbocycles. The van der Waals surface area contributed by atoms with Gasteiger partial charge in [-0.1, -0.05) is 39.0 Å². The van der Waals surface area contributed by atoms with Gasteiger partial charge in [0, 0.05) is 31.6 Å². The van der Waals surface area contributed by atoms with Gasteiger partial charge < -0.3 is 9.80 Å². The van der Waals surface area contributed by atoms with Gasteiger partial charge in [-0.3, -0.25) is 4.79 Å². The smallest absolute Gasteiger partial charge is 0.226 e. The van der Waals surface area contributed by atoms with Gasteiger partial charge in [-0.15, -0.1) is 0 Å². The van der Waals surface area contributed by atoms with Crippen LogP contribution in [0.3, 0.4) is 0 Å². The van der Waals surface area contributed by atoms with Crippen LogP contribution in [0, 0.1) is 5.92 Å². The van der Waals surface area contributed by atoms with E-state index in [9.17, 15) is 4.79 Å². The Morgan fingerprint density at radius 3 is 2.32 bits per heavy atom. The van der Waals surface area contributed by atoms with Gasteiger partial charge in [0.05, 0.1) is 17.9 Å². The highest BCUT2D eigenvalue weighted by atomic mass is 16.2. The molecule has 1 aromatic carbocycles. The monoisotopic (exact) mass is 382 g/mol. The number of benzene rings is 1. The molecule has 0 bridgehead atoms. The number of aromatic nitrogens is 2.